The molecule has 0 aliphatic carbocycles. The van der Waals surface area contributed by atoms with Gasteiger partial charge in [0, 0.05) is 5.54 Å². The molecule has 2 nitrogen and oxygen atoms in total. The molecule has 0 saturated carbocycles. The van der Waals surface area contributed by atoms with Gasteiger partial charge in [-0.05, 0) is 32.5 Å². The van der Waals surface area contributed by atoms with Crippen molar-refractivity contribution in [3.05, 3.63) is 35.4 Å². The monoisotopic (exact) mass is 174 g/mol. The zero-order valence-electron chi connectivity index (χ0n) is 8.26. The van der Waals surface area contributed by atoms with E-state index in [1.807, 2.05) is 31.3 Å². The fourth-order valence-corrected chi connectivity index (χ4v) is 1.26. The average Bonchev–Trinajstić information content (AvgIpc) is 2.18. The zero-order valence-corrected chi connectivity index (χ0v) is 8.26. The van der Waals surface area contributed by atoms with Gasteiger partial charge in [0.2, 0.25) is 0 Å². The number of rotatable bonds is 2. The minimum atomic E-state index is -0.147. The number of benzene rings is 1. The van der Waals surface area contributed by atoms with Gasteiger partial charge in [-0.3, -0.25) is 0 Å². The van der Waals surface area contributed by atoms with Crippen molar-refractivity contribution in [2.24, 2.45) is 0 Å². The molecule has 0 radical (unpaired) electrons. The van der Waals surface area contributed by atoms with E-state index in [0.717, 1.165) is 11.1 Å². The smallest absolute Gasteiger partial charge is 0.0995 e. The van der Waals surface area contributed by atoms with Crippen LogP contribution >= 0.6 is 0 Å². The number of hydrogen-bond donors (Lipinski definition) is 1. The van der Waals surface area contributed by atoms with Gasteiger partial charge in [0.15, 0.2) is 0 Å². The maximum Gasteiger partial charge on any atom is 0.0995 e. The van der Waals surface area contributed by atoms with Gasteiger partial charge in [0.25, 0.3) is 0 Å². The van der Waals surface area contributed by atoms with E-state index in [4.69, 9.17) is 5.26 Å². The highest BCUT2D eigenvalue weighted by Gasteiger charge is 2.20. The molecule has 0 aromatic heterocycles. The van der Waals surface area contributed by atoms with Crippen LogP contribution in [0.3, 0.4) is 0 Å². The van der Waals surface area contributed by atoms with Crippen molar-refractivity contribution >= 4 is 0 Å². The van der Waals surface area contributed by atoms with Crippen LogP contribution in [0.2, 0.25) is 0 Å². The second kappa shape index (κ2) is 3.59. The first kappa shape index (κ1) is 9.76. The van der Waals surface area contributed by atoms with Gasteiger partial charge in [0.1, 0.15) is 0 Å². The lowest BCUT2D eigenvalue weighted by molar-refractivity contribution is 0.443. The van der Waals surface area contributed by atoms with Crippen LogP contribution in [-0.4, -0.2) is 7.05 Å². The highest BCUT2D eigenvalue weighted by molar-refractivity contribution is 5.41. The van der Waals surface area contributed by atoms with E-state index in [1.165, 1.54) is 0 Å². The molecule has 0 heterocycles. The Kier molecular flexibility index (Phi) is 2.69. The van der Waals surface area contributed by atoms with Crippen LogP contribution in [0.1, 0.15) is 25.0 Å². The normalized spacial score (nSPS) is 10.9. The standard InChI is InChI=1S/C11H14N2/c1-11(2,13-3)10-7-5-4-6-9(10)8-12/h4-7,13H,1-3H3. The summed E-state index contributed by atoms with van der Waals surface area (Å²) in [6.07, 6.45) is 0. The molecule has 2 heteroatoms. The molecular formula is C11H14N2. The summed E-state index contributed by atoms with van der Waals surface area (Å²) < 4.78 is 0. The van der Waals surface area contributed by atoms with Gasteiger partial charge >= 0.3 is 0 Å². The van der Waals surface area contributed by atoms with Crippen LogP contribution in [0.15, 0.2) is 24.3 Å². The molecule has 0 aliphatic heterocycles. The summed E-state index contributed by atoms with van der Waals surface area (Å²) in [6.45, 7) is 4.12. The predicted octanol–water partition coefficient (Wildman–Crippen LogP) is 2.01. The summed E-state index contributed by atoms with van der Waals surface area (Å²) in [5.41, 5.74) is 1.63. The van der Waals surface area contributed by atoms with Crippen molar-refractivity contribution in [1.29, 1.82) is 5.26 Å². The van der Waals surface area contributed by atoms with Gasteiger partial charge in [-0.1, -0.05) is 18.2 Å². The molecule has 0 spiro atoms. The number of nitrogens with zero attached hydrogens (tertiary/aromatic N) is 1. The Morgan fingerprint density at radius 2 is 1.92 bits per heavy atom. The Balaban J connectivity index is 3.22. The van der Waals surface area contributed by atoms with E-state index in [0.29, 0.717) is 0 Å². The Labute approximate surface area is 79.2 Å². The number of nitrogens with one attached hydrogen (secondary N) is 1. The zero-order chi connectivity index (χ0) is 9.90. The van der Waals surface area contributed by atoms with Gasteiger partial charge < -0.3 is 5.32 Å². The van der Waals surface area contributed by atoms with Gasteiger partial charge in [-0.15, -0.1) is 0 Å². The average molecular weight is 174 g/mol. The van der Waals surface area contributed by atoms with E-state index < -0.39 is 0 Å². The Morgan fingerprint density at radius 1 is 1.31 bits per heavy atom. The van der Waals surface area contributed by atoms with Gasteiger partial charge in [-0.25, -0.2) is 0 Å². The third-order valence-electron chi connectivity index (χ3n) is 2.35. The summed E-state index contributed by atoms with van der Waals surface area (Å²) in [4.78, 5) is 0. The lowest BCUT2D eigenvalue weighted by Gasteiger charge is -2.25. The molecule has 0 amide bonds. The van der Waals surface area contributed by atoms with E-state index in [-0.39, 0.29) is 5.54 Å². The van der Waals surface area contributed by atoms with E-state index >= 15 is 0 Å². The van der Waals surface area contributed by atoms with Gasteiger partial charge in [0.05, 0.1) is 11.6 Å². The highest BCUT2D eigenvalue weighted by atomic mass is 14.9. The molecule has 13 heavy (non-hydrogen) atoms. The lowest BCUT2D eigenvalue weighted by atomic mass is 9.91. The molecule has 0 bridgehead atoms. The van der Waals surface area contributed by atoms with Crippen LogP contribution in [0, 0.1) is 11.3 Å². The minimum Gasteiger partial charge on any atom is -0.311 e. The minimum absolute atomic E-state index is 0.147. The SMILES string of the molecule is CNC(C)(C)c1ccccc1C#N. The molecule has 0 unspecified atom stereocenters. The maximum atomic E-state index is 8.90. The van der Waals surface area contributed by atoms with Crippen molar-refractivity contribution in [1.82, 2.24) is 5.32 Å². The molecule has 1 rings (SSSR count). The first-order chi connectivity index (χ1) is 6.11. The van der Waals surface area contributed by atoms with E-state index in [9.17, 15) is 0 Å². The van der Waals surface area contributed by atoms with Crippen molar-refractivity contribution < 1.29 is 0 Å². The summed E-state index contributed by atoms with van der Waals surface area (Å²) >= 11 is 0. The Hall–Kier alpha value is -1.33. The van der Waals surface area contributed by atoms with Crippen LogP contribution in [0.5, 0.6) is 0 Å². The maximum absolute atomic E-state index is 8.90. The first-order valence-electron chi connectivity index (χ1n) is 4.30. The van der Waals surface area contributed by atoms with Crippen molar-refractivity contribution in [3.63, 3.8) is 0 Å². The van der Waals surface area contributed by atoms with Crippen molar-refractivity contribution in [2.75, 3.05) is 7.05 Å². The van der Waals surface area contributed by atoms with Crippen LogP contribution in [-0.2, 0) is 5.54 Å². The molecule has 1 N–H and O–H groups in total. The molecule has 0 fully saturated rings. The summed E-state index contributed by atoms with van der Waals surface area (Å²) in [6, 6.07) is 9.86. The third-order valence-corrected chi connectivity index (χ3v) is 2.35. The number of hydrogen-bond acceptors (Lipinski definition) is 2. The molecule has 68 valence electrons. The second-order valence-corrected chi connectivity index (χ2v) is 3.53. The summed E-state index contributed by atoms with van der Waals surface area (Å²) in [5, 5.41) is 12.1. The highest BCUT2D eigenvalue weighted by Crippen LogP contribution is 2.22. The molecule has 0 saturated heterocycles. The molecule has 0 atom stereocenters. The van der Waals surface area contributed by atoms with Crippen LogP contribution in [0.25, 0.3) is 0 Å². The topological polar surface area (TPSA) is 35.8 Å². The predicted molar refractivity (Wildman–Crippen MR) is 53.2 cm³/mol. The van der Waals surface area contributed by atoms with Crippen LogP contribution < -0.4 is 5.32 Å². The lowest BCUT2D eigenvalue weighted by Crippen LogP contribution is -2.33. The first-order valence-corrected chi connectivity index (χ1v) is 4.30. The fourth-order valence-electron chi connectivity index (χ4n) is 1.26. The van der Waals surface area contributed by atoms with E-state index in [1.54, 1.807) is 0 Å². The van der Waals surface area contributed by atoms with Crippen LogP contribution in [0.4, 0.5) is 0 Å². The Morgan fingerprint density at radius 3 is 2.46 bits per heavy atom. The molecule has 1 aromatic carbocycles. The fraction of sp³-hybridized carbons (Fsp3) is 0.364. The molecule has 1 aromatic rings. The third kappa shape index (κ3) is 1.88. The Bertz CT molecular complexity index is 334. The summed E-state index contributed by atoms with van der Waals surface area (Å²) in [5.74, 6) is 0. The molecule has 0 aliphatic rings. The largest absolute Gasteiger partial charge is 0.311 e. The second-order valence-electron chi connectivity index (χ2n) is 3.53. The van der Waals surface area contributed by atoms with Crippen molar-refractivity contribution in [3.8, 4) is 6.07 Å². The van der Waals surface area contributed by atoms with E-state index in [2.05, 4.69) is 25.2 Å². The number of nitriles is 1. The quantitative estimate of drug-likeness (QED) is 0.744. The van der Waals surface area contributed by atoms with Crippen molar-refractivity contribution in [2.45, 2.75) is 19.4 Å². The summed E-state index contributed by atoms with van der Waals surface area (Å²) in [7, 11) is 1.90. The molecular weight excluding hydrogens is 160 g/mol. The van der Waals surface area contributed by atoms with Gasteiger partial charge in [-0.2, -0.15) is 5.26 Å².